The Hall–Kier alpha value is -0.650. The Balaban J connectivity index is 1.55. The van der Waals surface area contributed by atoms with E-state index in [1.54, 1.807) is 0 Å². The first kappa shape index (κ1) is 14.8. The van der Waals surface area contributed by atoms with Gasteiger partial charge in [0.2, 0.25) is 5.91 Å². The van der Waals surface area contributed by atoms with E-state index in [9.17, 15) is 4.79 Å². The fourth-order valence-corrected chi connectivity index (χ4v) is 2.85. The van der Waals surface area contributed by atoms with Crippen LogP contribution in [-0.4, -0.2) is 74.7 Å². The van der Waals surface area contributed by atoms with Crippen LogP contribution in [0.2, 0.25) is 0 Å². The number of rotatable bonds is 6. The number of likely N-dealkylation sites (N-methyl/N-ethyl adjacent to an activating group) is 1. The topological polar surface area (TPSA) is 44.8 Å². The van der Waals surface area contributed by atoms with E-state index in [1.165, 1.54) is 12.8 Å². The summed E-state index contributed by atoms with van der Waals surface area (Å²) >= 11 is 0. The van der Waals surface area contributed by atoms with E-state index in [1.807, 2.05) is 4.90 Å². The van der Waals surface area contributed by atoms with Gasteiger partial charge in [-0.1, -0.05) is 0 Å². The van der Waals surface area contributed by atoms with Crippen molar-refractivity contribution < 1.29 is 9.53 Å². The number of carbonyl (C=O) groups excluding carboxylic acids is 1. The molecule has 110 valence electrons. The molecule has 0 saturated carbocycles. The second-order valence-electron chi connectivity index (χ2n) is 5.65. The minimum absolute atomic E-state index is 0.288. The number of ether oxygens (including phenoxy) is 1. The molecule has 0 spiro atoms. The molecule has 0 aromatic heterocycles. The van der Waals surface area contributed by atoms with Gasteiger partial charge in [-0.15, -0.1) is 0 Å². The Labute approximate surface area is 116 Å². The van der Waals surface area contributed by atoms with Gasteiger partial charge in [0.1, 0.15) is 0 Å². The molecular formula is C14H27N3O2. The van der Waals surface area contributed by atoms with Crippen LogP contribution in [0.5, 0.6) is 0 Å². The number of carbonyl (C=O) groups is 1. The van der Waals surface area contributed by atoms with Crippen LogP contribution in [0.25, 0.3) is 0 Å². The van der Waals surface area contributed by atoms with Crippen LogP contribution in [0, 0.1) is 0 Å². The highest BCUT2D eigenvalue weighted by Crippen LogP contribution is 2.07. The van der Waals surface area contributed by atoms with E-state index < -0.39 is 0 Å². The Morgan fingerprint density at radius 3 is 2.89 bits per heavy atom. The second-order valence-corrected chi connectivity index (χ2v) is 5.65. The predicted octanol–water partition coefficient (Wildman–Crippen LogP) is 0.309. The van der Waals surface area contributed by atoms with Gasteiger partial charge in [0.15, 0.2) is 0 Å². The van der Waals surface area contributed by atoms with Gasteiger partial charge in [0.25, 0.3) is 0 Å². The molecule has 2 rings (SSSR count). The highest BCUT2D eigenvalue weighted by Gasteiger charge is 2.18. The van der Waals surface area contributed by atoms with Gasteiger partial charge in [-0.2, -0.15) is 0 Å². The lowest BCUT2D eigenvalue weighted by molar-refractivity contribution is -0.135. The van der Waals surface area contributed by atoms with Crippen LogP contribution in [-0.2, 0) is 9.53 Å². The van der Waals surface area contributed by atoms with Crippen molar-refractivity contribution in [3.05, 3.63) is 0 Å². The molecule has 0 aromatic carbocycles. The number of nitrogens with one attached hydrogen (secondary N) is 1. The largest absolute Gasteiger partial charge is 0.378 e. The van der Waals surface area contributed by atoms with Crippen molar-refractivity contribution in [1.82, 2.24) is 15.1 Å². The van der Waals surface area contributed by atoms with E-state index in [0.29, 0.717) is 25.7 Å². The van der Waals surface area contributed by atoms with Crippen molar-refractivity contribution in [2.75, 3.05) is 53.0 Å². The molecule has 5 nitrogen and oxygen atoms in total. The van der Waals surface area contributed by atoms with E-state index in [4.69, 9.17) is 4.74 Å². The second kappa shape index (κ2) is 7.82. The van der Waals surface area contributed by atoms with Crippen LogP contribution in [0.1, 0.15) is 25.7 Å². The van der Waals surface area contributed by atoms with Gasteiger partial charge in [-0.05, 0) is 39.4 Å². The number of amides is 1. The monoisotopic (exact) mass is 269 g/mol. The molecule has 1 N–H and O–H groups in total. The van der Waals surface area contributed by atoms with Crippen molar-refractivity contribution in [3.8, 4) is 0 Å². The molecule has 0 bridgehead atoms. The highest BCUT2D eigenvalue weighted by molar-refractivity contribution is 5.76. The van der Waals surface area contributed by atoms with Crippen LogP contribution in [0.3, 0.4) is 0 Å². The average molecular weight is 269 g/mol. The van der Waals surface area contributed by atoms with Crippen molar-refractivity contribution >= 4 is 5.91 Å². The van der Waals surface area contributed by atoms with Crippen molar-refractivity contribution in [2.24, 2.45) is 0 Å². The first-order valence-electron chi connectivity index (χ1n) is 7.53. The zero-order valence-electron chi connectivity index (χ0n) is 12.1. The lowest BCUT2D eigenvalue weighted by atomic mass is 10.2. The zero-order valence-corrected chi connectivity index (χ0v) is 12.1. The molecule has 19 heavy (non-hydrogen) atoms. The summed E-state index contributed by atoms with van der Waals surface area (Å²) in [6.45, 7) is 6.19. The minimum atomic E-state index is 0.288. The molecule has 2 heterocycles. The van der Waals surface area contributed by atoms with Crippen molar-refractivity contribution in [1.29, 1.82) is 0 Å². The fourth-order valence-electron chi connectivity index (χ4n) is 2.85. The summed E-state index contributed by atoms with van der Waals surface area (Å²) in [7, 11) is 2.15. The number of hydrogen-bond acceptors (Lipinski definition) is 4. The Morgan fingerprint density at radius 2 is 2.21 bits per heavy atom. The van der Waals surface area contributed by atoms with Crippen LogP contribution >= 0.6 is 0 Å². The Bertz CT molecular complexity index is 274. The molecule has 1 amide bonds. The summed E-state index contributed by atoms with van der Waals surface area (Å²) in [6, 6.07) is 0.653. The molecule has 2 fully saturated rings. The smallest absolute Gasteiger partial charge is 0.222 e. The lowest BCUT2D eigenvalue weighted by Crippen LogP contribution is -2.41. The number of hydrogen-bond donors (Lipinski definition) is 1. The molecule has 5 heteroatoms. The standard InChI is InChI=1S/C14H27N3O2/c1-16(12-13-4-2-6-15-13)7-3-5-14(18)17-8-10-19-11-9-17/h13,15H,2-12H2,1H3. The van der Waals surface area contributed by atoms with Crippen molar-refractivity contribution in [2.45, 2.75) is 31.7 Å². The van der Waals surface area contributed by atoms with Gasteiger partial charge >= 0.3 is 0 Å². The molecule has 1 unspecified atom stereocenters. The predicted molar refractivity (Wildman–Crippen MR) is 75.2 cm³/mol. The summed E-state index contributed by atoms with van der Waals surface area (Å²) < 4.78 is 5.26. The van der Waals surface area contributed by atoms with Crippen molar-refractivity contribution in [3.63, 3.8) is 0 Å². The zero-order chi connectivity index (χ0) is 13.5. The summed E-state index contributed by atoms with van der Waals surface area (Å²) in [4.78, 5) is 16.2. The first-order valence-corrected chi connectivity index (χ1v) is 7.53. The molecule has 0 aliphatic carbocycles. The maximum Gasteiger partial charge on any atom is 0.222 e. The first-order chi connectivity index (χ1) is 9.25. The molecule has 2 saturated heterocycles. The fraction of sp³-hybridized carbons (Fsp3) is 0.929. The van der Waals surface area contributed by atoms with E-state index in [-0.39, 0.29) is 5.91 Å². The Kier molecular flexibility index (Phi) is 6.07. The van der Waals surface area contributed by atoms with Gasteiger partial charge in [0, 0.05) is 32.1 Å². The van der Waals surface area contributed by atoms with Gasteiger partial charge in [0.05, 0.1) is 13.2 Å². The van der Waals surface area contributed by atoms with Crippen LogP contribution in [0.15, 0.2) is 0 Å². The molecule has 0 radical (unpaired) electrons. The summed E-state index contributed by atoms with van der Waals surface area (Å²) in [6.07, 6.45) is 4.22. The summed E-state index contributed by atoms with van der Waals surface area (Å²) in [5, 5.41) is 3.51. The molecule has 2 aliphatic heterocycles. The average Bonchev–Trinajstić information content (AvgIpc) is 2.92. The third-order valence-electron chi connectivity index (χ3n) is 3.99. The summed E-state index contributed by atoms with van der Waals surface area (Å²) in [5.74, 6) is 0.288. The quantitative estimate of drug-likeness (QED) is 0.754. The highest BCUT2D eigenvalue weighted by atomic mass is 16.5. The Morgan fingerprint density at radius 1 is 1.42 bits per heavy atom. The van der Waals surface area contributed by atoms with Gasteiger partial charge in [-0.25, -0.2) is 0 Å². The molecule has 0 aromatic rings. The van der Waals surface area contributed by atoms with Crippen LogP contribution in [0.4, 0.5) is 0 Å². The third kappa shape index (κ3) is 5.09. The normalized spacial score (nSPS) is 24.1. The molecule has 2 aliphatic rings. The number of morpholine rings is 1. The van der Waals surface area contributed by atoms with E-state index in [2.05, 4.69) is 17.3 Å². The SMILES string of the molecule is CN(CCCC(=O)N1CCOCC1)CC1CCCN1. The minimum Gasteiger partial charge on any atom is -0.378 e. The lowest BCUT2D eigenvalue weighted by Gasteiger charge is -2.27. The third-order valence-corrected chi connectivity index (χ3v) is 3.99. The van der Waals surface area contributed by atoms with E-state index >= 15 is 0 Å². The summed E-state index contributed by atoms with van der Waals surface area (Å²) in [5.41, 5.74) is 0. The van der Waals surface area contributed by atoms with Crippen LogP contribution < -0.4 is 5.32 Å². The van der Waals surface area contributed by atoms with Gasteiger partial charge < -0.3 is 19.9 Å². The maximum absolute atomic E-state index is 12.0. The maximum atomic E-state index is 12.0. The number of nitrogens with zero attached hydrogens (tertiary/aromatic N) is 2. The molecular weight excluding hydrogens is 242 g/mol. The van der Waals surface area contributed by atoms with Gasteiger partial charge in [-0.3, -0.25) is 4.79 Å². The van der Waals surface area contributed by atoms with E-state index in [0.717, 1.165) is 39.1 Å². The molecule has 1 atom stereocenters.